The summed E-state index contributed by atoms with van der Waals surface area (Å²) in [4.78, 5) is 29.6. The normalized spacial score (nSPS) is 16.1. The van der Waals surface area contributed by atoms with Crippen LogP contribution in [0.25, 0.3) is 0 Å². The molecule has 2 aromatic rings. The highest BCUT2D eigenvalue weighted by Gasteiger charge is 2.36. The summed E-state index contributed by atoms with van der Waals surface area (Å²) in [5.74, 6) is -0.200. The van der Waals surface area contributed by atoms with Crippen LogP contribution >= 0.6 is 22.7 Å². The molecule has 30 heavy (non-hydrogen) atoms. The molecule has 0 aromatic carbocycles. The van der Waals surface area contributed by atoms with Crippen molar-refractivity contribution < 1.29 is 14.3 Å². The Hall–Kier alpha value is -2.23. The zero-order valence-corrected chi connectivity index (χ0v) is 19.4. The molecule has 0 unspecified atom stereocenters. The third-order valence-electron chi connectivity index (χ3n) is 4.77. The number of nitrogens with one attached hydrogen (secondary N) is 1. The van der Waals surface area contributed by atoms with E-state index in [-0.39, 0.29) is 30.6 Å². The molecule has 3 rings (SSSR count). The minimum absolute atomic E-state index is 0.0191. The maximum Gasteiger partial charge on any atom is 0.318 e. The van der Waals surface area contributed by atoms with Crippen molar-refractivity contribution in [2.24, 2.45) is 5.10 Å². The van der Waals surface area contributed by atoms with Crippen LogP contribution in [0.4, 0.5) is 4.79 Å². The van der Waals surface area contributed by atoms with Crippen LogP contribution in [0.15, 0.2) is 34.1 Å². The number of hydrazone groups is 1. The second-order valence-electron chi connectivity index (χ2n) is 7.47. The summed E-state index contributed by atoms with van der Waals surface area (Å²) in [6.45, 7) is 6.47. The first-order valence-electron chi connectivity index (χ1n) is 9.92. The number of hydrogen-bond donors (Lipinski definition) is 1. The fourth-order valence-corrected chi connectivity index (χ4v) is 5.02. The SMILES string of the molecule is COCCN(CC(=O)N1N=C(c2cccs2)C[C@H]1c1sccc1C)C(=O)NC(C)C. The molecular formula is C21H28N4O3S2. The molecule has 7 nitrogen and oxygen atoms in total. The predicted molar refractivity (Wildman–Crippen MR) is 121 cm³/mol. The minimum atomic E-state index is -0.277. The van der Waals surface area contributed by atoms with Crippen LogP contribution in [0.5, 0.6) is 0 Å². The number of urea groups is 1. The maximum absolute atomic E-state index is 13.3. The van der Waals surface area contributed by atoms with Gasteiger partial charge < -0.3 is 15.0 Å². The van der Waals surface area contributed by atoms with Crippen LogP contribution in [-0.4, -0.2) is 60.4 Å². The zero-order valence-electron chi connectivity index (χ0n) is 17.8. The first kappa shape index (κ1) is 22.5. The largest absolute Gasteiger partial charge is 0.383 e. The Balaban J connectivity index is 1.83. The van der Waals surface area contributed by atoms with Crippen LogP contribution in [0, 0.1) is 6.92 Å². The smallest absolute Gasteiger partial charge is 0.318 e. The summed E-state index contributed by atoms with van der Waals surface area (Å²) < 4.78 is 5.13. The van der Waals surface area contributed by atoms with Gasteiger partial charge in [-0.25, -0.2) is 9.80 Å². The summed E-state index contributed by atoms with van der Waals surface area (Å²) in [7, 11) is 1.58. The van der Waals surface area contributed by atoms with Gasteiger partial charge in [-0.3, -0.25) is 4.79 Å². The fourth-order valence-electron chi connectivity index (χ4n) is 3.29. The number of ether oxygens (including phenoxy) is 1. The van der Waals surface area contributed by atoms with Crippen LogP contribution in [0.1, 0.15) is 41.6 Å². The van der Waals surface area contributed by atoms with E-state index in [0.717, 1.165) is 21.0 Å². The topological polar surface area (TPSA) is 74.2 Å². The van der Waals surface area contributed by atoms with Gasteiger partial charge in [0.05, 0.1) is 23.2 Å². The molecular weight excluding hydrogens is 420 g/mol. The van der Waals surface area contributed by atoms with E-state index in [9.17, 15) is 9.59 Å². The number of carbonyl (C=O) groups excluding carboxylic acids is 2. The van der Waals surface area contributed by atoms with Gasteiger partial charge in [0.15, 0.2) is 0 Å². The molecule has 2 aromatic heterocycles. The third kappa shape index (κ3) is 5.27. The van der Waals surface area contributed by atoms with Crippen molar-refractivity contribution in [3.05, 3.63) is 44.3 Å². The Morgan fingerprint density at radius 1 is 1.33 bits per heavy atom. The lowest BCUT2D eigenvalue weighted by Gasteiger charge is -2.27. The van der Waals surface area contributed by atoms with E-state index in [2.05, 4.69) is 18.3 Å². The standard InChI is InChI=1S/C21H28N4O3S2/c1-14(2)22-21(27)24(8-9-28-4)13-19(26)25-17(20-15(3)7-11-30-20)12-16(23-25)18-6-5-10-29-18/h5-7,10-11,14,17H,8-9,12-13H2,1-4H3,(H,22,27)/t17-/m0/s1. The van der Waals surface area contributed by atoms with Crippen molar-refractivity contribution in [3.63, 3.8) is 0 Å². The Morgan fingerprint density at radius 2 is 2.13 bits per heavy atom. The number of methoxy groups -OCH3 is 1. The molecule has 1 N–H and O–H groups in total. The van der Waals surface area contributed by atoms with Gasteiger partial charge in [0.25, 0.3) is 5.91 Å². The molecule has 162 valence electrons. The summed E-state index contributed by atoms with van der Waals surface area (Å²) in [5, 5.41) is 13.2. The van der Waals surface area contributed by atoms with Gasteiger partial charge >= 0.3 is 6.03 Å². The van der Waals surface area contributed by atoms with E-state index >= 15 is 0 Å². The number of amides is 3. The number of rotatable bonds is 8. The summed E-state index contributed by atoms with van der Waals surface area (Å²) in [5.41, 5.74) is 2.06. The van der Waals surface area contributed by atoms with Gasteiger partial charge in [-0.15, -0.1) is 22.7 Å². The van der Waals surface area contributed by atoms with Gasteiger partial charge in [-0.1, -0.05) is 6.07 Å². The summed E-state index contributed by atoms with van der Waals surface area (Å²) in [6, 6.07) is 5.63. The summed E-state index contributed by atoms with van der Waals surface area (Å²) in [6.07, 6.45) is 0.671. The van der Waals surface area contributed by atoms with Gasteiger partial charge in [0.1, 0.15) is 6.54 Å². The minimum Gasteiger partial charge on any atom is -0.383 e. The number of carbonyl (C=O) groups is 2. The molecule has 0 saturated carbocycles. The maximum atomic E-state index is 13.3. The molecule has 0 radical (unpaired) electrons. The molecule has 0 saturated heterocycles. The highest BCUT2D eigenvalue weighted by Crippen LogP contribution is 2.37. The molecule has 1 atom stereocenters. The number of nitrogens with zero attached hydrogens (tertiary/aromatic N) is 3. The molecule has 0 fully saturated rings. The van der Waals surface area contributed by atoms with Crippen LogP contribution in [0.2, 0.25) is 0 Å². The average Bonchev–Trinajstić information content (AvgIpc) is 3.43. The molecule has 0 bridgehead atoms. The number of thiophene rings is 2. The highest BCUT2D eigenvalue weighted by atomic mass is 32.1. The fraction of sp³-hybridized carbons (Fsp3) is 0.476. The van der Waals surface area contributed by atoms with Gasteiger partial charge in [0, 0.05) is 31.0 Å². The second-order valence-corrected chi connectivity index (χ2v) is 9.36. The van der Waals surface area contributed by atoms with Crippen LogP contribution in [-0.2, 0) is 9.53 Å². The molecule has 1 aliphatic heterocycles. The van der Waals surface area contributed by atoms with Crippen LogP contribution in [0.3, 0.4) is 0 Å². The van der Waals surface area contributed by atoms with E-state index in [0.29, 0.717) is 19.6 Å². The lowest BCUT2D eigenvalue weighted by Crippen LogP contribution is -2.48. The van der Waals surface area contributed by atoms with Crippen molar-refractivity contribution >= 4 is 40.3 Å². The lowest BCUT2D eigenvalue weighted by molar-refractivity contribution is -0.133. The first-order chi connectivity index (χ1) is 14.4. The average molecular weight is 449 g/mol. The summed E-state index contributed by atoms with van der Waals surface area (Å²) >= 11 is 3.26. The molecule has 1 aliphatic rings. The number of aryl methyl sites for hydroxylation is 1. The van der Waals surface area contributed by atoms with Crippen molar-refractivity contribution in [1.29, 1.82) is 0 Å². The first-order valence-corrected chi connectivity index (χ1v) is 11.7. The Kier molecular flexibility index (Phi) is 7.63. The predicted octanol–water partition coefficient (Wildman–Crippen LogP) is 3.86. The zero-order chi connectivity index (χ0) is 21.7. The lowest BCUT2D eigenvalue weighted by atomic mass is 10.1. The number of hydrogen-bond acceptors (Lipinski definition) is 6. The quantitative estimate of drug-likeness (QED) is 0.666. The monoisotopic (exact) mass is 448 g/mol. The molecule has 3 amide bonds. The highest BCUT2D eigenvalue weighted by molar-refractivity contribution is 7.12. The van der Waals surface area contributed by atoms with E-state index in [1.807, 2.05) is 36.7 Å². The Labute approximate surface area is 185 Å². The van der Waals surface area contributed by atoms with Gasteiger partial charge in [0.2, 0.25) is 0 Å². The van der Waals surface area contributed by atoms with Crippen molar-refractivity contribution in [1.82, 2.24) is 15.2 Å². The van der Waals surface area contributed by atoms with Crippen LogP contribution < -0.4 is 5.32 Å². The van der Waals surface area contributed by atoms with E-state index < -0.39 is 0 Å². The molecule has 0 aliphatic carbocycles. The second kappa shape index (κ2) is 10.2. The van der Waals surface area contributed by atoms with E-state index in [4.69, 9.17) is 9.84 Å². The van der Waals surface area contributed by atoms with Crippen molar-refractivity contribution in [3.8, 4) is 0 Å². The van der Waals surface area contributed by atoms with Crippen molar-refractivity contribution in [2.75, 3.05) is 26.8 Å². The van der Waals surface area contributed by atoms with Gasteiger partial charge in [-0.2, -0.15) is 5.10 Å². The third-order valence-corrected chi connectivity index (χ3v) is 6.81. The molecule has 9 heteroatoms. The van der Waals surface area contributed by atoms with E-state index in [1.54, 1.807) is 34.8 Å². The van der Waals surface area contributed by atoms with E-state index in [1.165, 1.54) is 4.90 Å². The molecule has 3 heterocycles. The van der Waals surface area contributed by atoms with Gasteiger partial charge in [-0.05, 0) is 49.2 Å². The molecule has 0 spiro atoms. The Bertz CT molecular complexity index is 892. The van der Waals surface area contributed by atoms with Crippen molar-refractivity contribution in [2.45, 2.75) is 39.3 Å². The Morgan fingerprint density at radius 3 is 2.73 bits per heavy atom.